The molecular formula is C20H39CuO2. The van der Waals surface area contributed by atoms with Crippen LogP contribution in [0.4, 0.5) is 0 Å². The van der Waals surface area contributed by atoms with Gasteiger partial charge in [-0.15, -0.1) is 0 Å². The number of hydrogen-bond donors (Lipinski definition) is 0. The standard InChI is InChI=1S/C20H40O2.Cu/c1-2-3-4-5-6-7-8-9-10-11-12-13-14-15-16-17-18-19-20(21)22;/h2-19H2,1H3,(H,21,22);/q;+1/p-1. The van der Waals surface area contributed by atoms with E-state index < -0.39 is 5.97 Å². The molecular weight excluding hydrogens is 336 g/mol. The third-order valence-corrected chi connectivity index (χ3v) is 4.48. The maximum Gasteiger partial charge on any atom is 1.00 e. The van der Waals surface area contributed by atoms with Crippen molar-refractivity contribution in [2.24, 2.45) is 0 Å². The zero-order valence-corrected chi connectivity index (χ0v) is 16.3. The third kappa shape index (κ3) is 24.4. The van der Waals surface area contributed by atoms with Crippen LogP contribution in [0.3, 0.4) is 0 Å². The number of rotatable bonds is 18. The second-order valence-electron chi connectivity index (χ2n) is 6.78. The Morgan fingerprint density at radius 3 is 1.09 bits per heavy atom. The Kier molecular flexibility index (Phi) is 24.1. The fourth-order valence-corrected chi connectivity index (χ4v) is 2.99. The van der Waals surface area contributed by atoms with E-state index in [0.717, 1.165) is 12.8 Å². The van der Waals surface area contributed by atoms with Crippen LogP contribution in [0.25, 0.3) is 0 Å². The van der Waals surface area contributed by atoms with Crippen molar-refractivity contribution >= 4 is 5.97 Å². The van der Waals surface area contributed by atoms with Crippen LogP contribution >= 0.6 is 0 Å². The number of aliphatic carboxylic acids is 1. The Bertz CT molecular complexity index is 232. The molecule has 0 saturated carbocycles. The van der Waals surface area contributed by atoms with Crippen molar-refractivity contribution in [1.82, 2.24) is 0 Å². The number of carbonyl (C=O) groups excluding carboxylic acids is 1. The predicted octanol–water partition coefficient (Wildman–Crippen LogP) is 5.78. The Morgan fingerprint density at radius 2 is 0.826 bits per heavy atom. The van der Waals surface area contributed by atoms with Crippen LogP contribution in [-0.2, 0) is 21.9 Å². The van der Waals surface area contributed by atoms with E-state index in [-0.39, 0.29) is 23.5 Å². The van der Waals surface area contributed by atoms with Gasteiger partial charge in [0, 0.05) is 5.97 Å². The van der Waals surface area contributed by atoms with E-state index in [1.807, 2.05) is 0 Å². The molecule has 3 heteroatoms. The normalized spacial score (nSPS) is 10.5. The zero-order valence-electron chi connectivity index (χ0n) is 15.3. The minimum atomic E-state index is -0.902. The summed E-state index contributed by atoms with van der Waals surface area (Å²) in [6.45, 7) is 2.27. The van der Waals surface area contributed by atoms with Crippen molar-refractivity contribution in [1.29, 1.82) is 0 Å². The molecule has 0 aromatic carbocycles. The van der Waals surface area contributed by atoms with Crippen LogP contribution in [0.5, 0.6) is 0 Å². The number of carboxylic acids is 1. The van der Waals surface area contributed by atoms with Gasteiger partial charge in [0.05, 0.1) is 0 Å². The first kappa shape index (κ1) is 25.2. The van der Waals surface area contributed by atoms with E-state index in [1.54, 1.807) is 0 Å². The monoisotopic (exact) mass is 374 g/mol. The Morgan fingerprint density at radius 1 is 0.565 bits per heavy atom. The molecule has 0 aliphatic carbocycles. The summed E-state index contributed by atoms with van der Waals surface area (Å²) in [5, 5.41) is 10.2. The first-order valence-corrected chi connectivity index (χ1v) is 9.97. The molecule has 0 aromatic heterocycles. The van der Waals surface area contributed by atoms with Crippen LogP contribution in [0.15, 0.2) is 0 Å². The van der Waals surface area contributed by atoms with Crippen molar-refractivity contribution in [2.45, 2.75) is 122 Å². The fourth-order valence-electron chi connectivity index (χ4n) is 2.99. The van der Waals surface area contributed by atoms with E-state index >= 15 is 0 Å². The van der Waals surface area contributed by atoms with E-state index in [9.17, 15) is 9.90 Å². The predicted molar refractivity (Wildman–Crippen MR) is 93.8 cm³/mol. The molecule has 0 atom stereocenters. The van der Waals surface area contributed by atoms with E-state index in [4.69, 9.17) is 0 Å². The SMILES string of the molecule is CCCCCCCCCCCCCCCCCCCC(=O)[O-].[Cu+]. The van der Waals surface area contributed by atoms with Gasteiger partial charge in [-0.05, 0) is 12.8 Å². The summed E-state index contributed by atoms with van der Waals surface area (Å²) in [4.78, 5) is 10.2. The molecule has 0 aromatic rings. The second kappa shape index (κ2) is 22.0. The second-order valence-corrected chi connectivity index (χ2v) is 6.78. The Balaban J connectivity index is 0. The van der Waals surface area contributed by atoms with Crippen molar-refractivity contribution in [3.8, 4) is 0 Å². The van der Waals surface area contributed by atoms with Gasteiger partial charge in [0.25, 0.3) is 0 Å². The number of unbranched alkanes of at least 4 members (excludes halogenated alkanes) is 16. The summed E-state index contributed by atoms with van der Waals surface area (Å²) in [5.41, 5.74) is 0. The van der Waals surface area contributed by atoms with Crippen LogP contribution < -0.4 is 5.11 Å². The largest absolute Gasteiger partial charge is 1.00 e. The summed E-state index contributed by atoms with van der Waals surface area (Å²) in [5.74, 6) is -0.902. The molecule has 0 aliphatic rings. The van der Waals surface area contributed by atoms with E-state index in [2.05, 4.69) is 6.92 Å². The van der Waals surface area contributed by atoms with Crippen LogP contribution in [0, 0.1) is 0 Å². The van der Waals surface area contributed by atoms with Gasteiger partial charge in [0.2, 0.25) is 0 Å². The number of carbonyl (C=O) groups is 1. The zero-order chi connectivity index (χ0) is 16.3. The quantitative estimate of drug-likeness (QED) is 0.225. The topological polar surface area (TPSA) is 40.1 Å². The molecule has 0 heterocycles. The minimum Gasteiger partial charge on any atom is -0.550 e. The average Bonchev–Trinajstić information content (AvgIpc) is 2.50. The molecule has 0 saturated heterocycles. The maximum atomic E-state index is 10.2. The first-order valence-electron chi connectivity index (χ1n) is 9.97. The van der Waals surface area contributed by atoms with Gasteiger partial charge < -0.3 is 9.90 Å². The molecule has 0 spiro atoms. The van der Waals surface area contributed by atoms with Crippen molar-refractivity contribution in [2.75, 3.05) is 0 Å². The molecule has 0 fully saturated rings. The summed E-state index contributed by atoms with van der Waals surface area (Å²) >= 11 is 0. The van der Waals surface area contributed by atoms with Gasteiger partial charge in [-0.2, -0.15) is 0 Å². The summed E-state index contributed by atoms with van der Waals surface area (Å²) in [6, 6.07) is 0. The summed E-state index contributed by atoms with van der Waals surface area (Å²) in [7, 11) is 0. The Hall–Kier alpha value is -0.0105. The molecule has 0 rings (SSSR count). The molecule has 0 amide bonds. The van der Waals surface area contributed by atoms with E-state index in [0.29, 0.717) is 0 Å². The molecule has 0 unspecified atom stereocenters. The van der Waals surface area contributed by atoms with Gasteiger partial charge in [-0.25, -0.2) is 0 Å². The summed E-state index contributed by atoms with van der Waals surface area (Å²) in [6.07, 6.45) is 22.8. The maximum absolute atomic E-state index is 10.2. The molecule has 0 aliphatic heterocycles. The van der Waals surface area contributed by atoms with Gasteiger partial charge in [0.15, 0.2) is 0 Å². The van der Waals surface area contributed by atoms with Gasteiger partial charge in [0.1, 0.15) is 0 Å². The molecule has 0 radical (unpaired) electrons. The number of hydrogen-bond acceptors (Lipinski definition) is 2. The first-order chi connectivity index (χ1) is 10.8. The fraction of sp³-hybridized carbons (Fsp3) is 0.950. The molecule has 0 N–H and O–H groups in total. The number of carboxylic acid groups (broad SMARTS) is 1. The summed E-state index contributed by atoms with van der Waals surface area (Å²) < 4.78 is 0. The third-order valence-electron chi connectivity index (χ3n) is 4.48. The van der Waals surface area contributed by atoms with Gasteiger partial charge in [-0.1, -0.05) is 110 Å². The van der Waals surface area contributed by atoms with Crippen LogP contribution in [0.1, 0.15) is 122 Å². The van der Waals surface area contributed by atoms with E-state index in [1.165, 1.54) is 96.3 Å². The van der Waals surface area contributed by atoms with Crippen molar-refractivity contribution < 1.29 is 27.0 Å². The minimum absolute atomic E-state index is 0. The van der Waals surface area contributed by atoms with Crippen LogP contribution in [-0.4, -0.2) is 5.97 Å². The van der Waals surface area contributed by atoms with Crippen molar-refractivity contribution in [3.63, 3.8) is 0 Å². The smallest absolute Gasteiger partial charge is 0.550 e. The molecule has 2 nitrogen and oxygen atoms in total. The van der Waals surface area contributed by atoms with Crippen LogP contribution in [0.2, 0.25) is 0 Å². The average molecular weight is 375 g/mol. The molecule has 142 valence electrons. The van der Waals surface area contributed by atoms with Crippen molar-refractivity contribution in [3.05, 3.63) is 0 Å². The van der Waals surface area contributed by atoms with Gasteiger partial charge >= 0.3 is 17.1 Å². The molecule has 0 bridgehead atoms. The van der Waals surface area contributed by atoms with Gasteiger partial charge in [-0.3, -0.25) is 0 Å². The Labute approximate surface area is 155 Å². The molecule has 23 heavy (non-hydrogen) atoms.